The van der Waals surface area contributed by atoms with Crippen molar-refractivity contribution in [2.24, 2.45) is 7.05 Å². The molecule has 8 heteroatoms. The number of ether oxygens (including phenoxy) is 1. The molecule has 96 valence electrons. The van der Waals surface area contributed by atoms with Crippen LogP contribution in [0.5, 0.6) is 5.75 Å². The molecule has 1 N–H and O–H groups in total. The zero-order chi connectivity index (χ0) is 13.5. The van der Waals surface area contributed by atoms with Crippen molar-refractivity contribution in [1.29, 1.82) is 0 Å². The van der Waals surface area contributed by atoms with E-state index in [1.54, 1.807) is 0 Å². The standard InChI is InChI=1S/C10H7F3N2O3/c1-15-7-4-5(18-10(11,12)13)2-3-6(7)8(14-15)9(16)17/h2-4H,1H3,(H,16,17). The number of hydrogen-bond donors (Lipinski definition) is 1. The van der Waals surface area contributed by atoms with Gasteiger partial charge in [-0.2, -0.15) is 5.10 Å². The van der Waals surface area contributed by atoms with E-state index in [9.17, 15) is 18.0 Å². The maximum absolute atomic E-state index is 12.0. The molecule has 0 amide bonds. The van der Waals surface area contributed by atoms with Gasteiger partial charge < -0.3 is 9.84 Å². The second-order valence-corrected chi connectivity index (χ2v) is 3.50. The predicted octanol–water partition coefficient (Wildman–Crippen LogP) is 2.17. The minimum Gasteiger partial charge on any atom is -0.476 e. The van der Waals surface area contributed by atoms with E-state index in [2.05, 4.69) is 9.84 Å². The van der Waals surface area contributed by atoms with Gasteiger partial charge in [0.25, 0.3) is 0 Å². The number of hydrogen-bond acceptors (Lipinski definition) is 3. The van der Waals surface area contributed by atoms with Crippen LogP contribution in [-0.4, -0.2) is 27.2 Å². The molecule has 1 aromatic carbocycles. The molecule has 0 unspecified atom stereocenters. The summed E-state index contributed by atoms with van der Waals surface area (Å²) in [7, 11) is 1.44. The highest BCUT2D eigenvalue weighted by atomic mass is 19.4. The quantitative estimate of drug-likeness (QED) is 0.898. The number of halogens is 3. The Hall–Kier alpha value is -2.25. The van der Waals surface area contributed by atoms with Crippen LogP contribution in [0, 0.1) is 0 Å². The Morgan fingerprint density at radius 2 is 2.11 bits per heavy atom. The summed E-state index contributed by atoms with van der Waals surface area (Å²) in [6, 6.07) is 3.36. The fourth-order valence-electron chi connectivity index (χ4n) is 1.59. The third-order valence-electron chi connectivity index (χ3n) is 2.26. The first-order valence-corrected chi connectivity index (χ1v) is 4.74. The molecule has 0 aliphatic carbocycles. The summed E-state index contributed by atoms with van der Waals surface area (Å²) < 4.78 is 41.0. The number of alkyl halides is 3. The van der Waals surface area contributed by atoms with Crippen molar-refractivity contribution in [1.82, 2.24) is 9.78 Å². The van der Waals surface area contributed by atoms with Crippen molar-refractivity contribution in [2.75, 3.05) is 0 Å². The number of aryl methyl sites for hydroxylation is 1. The van der Waals surface area contributed by atoms with Crippen molar-refractivity contribution < 1.29 is 27.8 Å². The average Bonchev–Trinajstić information content (AvgIpc) is 2.54. The van der Waals surface area contributed by atoms with Gasteiger partial charge in [-0.05, 0) is 12.1 Å². The zero-order valence-corrected chi connectivity index (χ0v) is 9.02. The van der Waals surface area contributed by atoms with Gasteiger partial charge >= 0.3 is 12.3 Å². The molecule has 0 fully saturated rings. The lowest BCUT2D eigenvalue weighted by molar-refractivity contribution is -0.274. The monoisotopic (exact) mass is 260 g/mol. The highest BCUT2D eigenvalue weighted by Gasteiger charge is 2.31. The summed E-state index contributed by atoms with van der Waals surface area (Å²) >= 11 is 0. The van der Waals surface area contributed by atoms with E-state index in [0.717, 1.165) is 12.1 Å². The lowest BCUT2D eigenvalue weighted by Crippen LogP contribution is -2.17. The normalized spacial score (nSPS) is 11.8. The van der Waals surface area contributed by atoms with E-state index >= 15 is 0 Å². The summed E-state index contributed by atoms with van der Waals surface area (Å²) in [5.41, 5.74) is 0.0280. The van der Waals surface area contributed by atoms with Gasteiger partial charge in [-0.25, -0.2) is 4.79 Å². The van der Waals surface area contributed by atoms with E-state index in [4.69, 9.17) is 5.11 Å². The molecule has 18 heavy (non-hydrogen) atoms. The minimum atomic E-state index is -4.79. The molecule has 0 radical (unpaired) electrons. The number of carboxylic acids is 1. The molecule has 0 bridgehead atoms. The molecule has 2 aromatic rings. The highest BCUT2D eigenvalue weighted by Crippen LogP contribution is 2.27. The minimum absolute atomic E-state index is 0.217. The molecule has 0 aliphatic heterocycles. The van der Waals surface area contributed by atoms with E-state index < -0.39 is 18.1 Å². The number of aromatic nitrogens is 2. The van der Waals surface area contributed by atoms with Crippen LogP contribution in [0.25, 0.3) is 10.9 Å². The SMILES string of the molecule is Cn1nc(C(=O)O)c2ccc(OC(F)(F)F)cc21. The van der Waals surface area contributed by atoms with E-state index in [1.165, 1.54) is 17.8 Å². The van der Waals surface area contributed by atoms with Gasteiger partial charge in [-0.3, -0.25) is 4.68 Å². The fourth-order valence-corrected chi connectivity index (χ4v) is 1.59. The molecular weight excluding hydrogens is 253 g/mol. The first-order chi connectivity index (χ1) is 8.28. The highest BCUT2D eigenvalue weighted by molar-refractivity contribution is 6.01. The molecule has 2 rings (SSSR count). The fraction of sp³-hybridized carbons (Fsp3) is 0.200. The number of carboxylic acid groups (broad SMARTS) is 1. The largest absolute Gasteiger partial charge is 0.573 e. The first kappa shape index (κ1) is 12.2. The summed E-state index contributed by atoms with van der Waals surface area (Å²) in [4.78, 5) is 10.9. The second-order valence-electron chi connectivity index (χ2n) is 3.50. The van der Waals surface area contributed by atoms with Gasteiger partial charge in [-0.15, -0.1) is 13.2 Å². The van der Waals surface area contributed by atoms with Crippen molar-refractivity contribution in [2.45, 2.75) is 6.36 Å². The van der Waals surface area contributed by atoms with Crippen LogP contribution in [0.2, 0.25) is 0 Å². The Bertz CT molecular complexity index is 619. The maximum atomic E-state index is 12.0. The molecule has 0 spiro atoms. The van der Waals surface area contributed by atoms with Gasteiger partial charge in [0.1, 0.15) is 5.75 Å². The predicted molar refractivity (Wildman–Crippen MR) is 54.4 cm³/mol. The number of nitrogens with zero attached hydrogens (tertiary/aromatic N) is 2. The second kappa shape index (κ2) is 3.90. The number of carbonyl (C=O) groups is 1. The van der Waals surface area contributed by atoms with Crippen LogP contribution >= 0.6 is 0 Å². The smallest absolute Gasteiger partial charge is 0.476 e. The number of benzene rings is 1. The molecule has 1 heterocycles. The van der Waals surface area contributed by atoms with Gasteiger partial charge in [0.05, 0.1) is 5.52 Å². The molecule has 0 atom stereocenters. The Labute approximate surface area is 98.4 Å². The van der Waals surface area contributed by atoms with E-state index in [1.807, 2.05) is 0 Å². The molecule has 1 aromatic heterocycles. The third kappa shape index (κ3) is 2.22. The number of aromatic carboxylic acids is 1. The van der Waals surface area contributed by atoms with E-state index in [-0.39, 0.29) is 16.6 Å². The summed E-state index contributed by atoms with van der Waals surface area (Å²) in [6.45, 7) is 0. The molecule has 0 aliphatic rings. The average molecular weight is 260 g/mol. The van der Waals surface area contributed by atoms with Gasteiger partial charge in [0.15, 0.2) is 5.69 Å². The Morgan fingerprint density at radius 1 is 1.44 bits per heavy atom. The molecule has 0 saturated heterocycles. The number of rotatable bonds is 2. The lowest BCUT2D eigenvalue weighted by Gasteiger charge is -2.08. The third-order valence-corrected chi connectivity index (χ3v) is 2.26. The van der Waals surface area contributed by atoms with Crippen LogP contribution in [-0.2, 0) is 7.05 Å². The van der Waals surface area contributed by atoms with Gasteiger partial charge in [-0.1, -0.05) is 0 Å². The number of fused-ring (bicyclic) bond motifs is 1. The summed E-state index contributed by atoms with van der Waals surface area (Å²) in [6.07, 6.45) is -4.79. The Balaban J connectivity index is 2.53. The molecular formula is C10H7F3N2O3. The lowest BCUT2D eigenvalue weighted by atomic mass is 10.2. The topological polar surface area (TPSA) is 64.4 Å². The molecule has 0 saturated carbocycles. The van der Waals surface area contributed by atoms with Crippen molar-refractivity contribution in [3.63, 3.8) is 0 Å². The Morgan fingerprint density at radius 3 is 2.67 bits per heavy atom. The van der Waals surface area contributed by atoms with Crippen LogP contribution < -0.4 is 4.74 Å². The maximum Gasteiger partial charge on any atom is 0.573 e. The van der Waals surface area contributed by atoms with Crippen molar-refractivity contribution in [3.05, 3.63) is 23.9 Å². The van der Waals surface area contributed by atoms with Crippen molar-refractivity contribution >= 4 is 16.9 Å². The van der Waals surface area contributed by atoms with E-state index in [0.29, 0.717) is 0 Å². The van der Waals surface area contributed by atoms with Gasteiger partial charge in [0.2, 0.25) is 0 Å². The Kier molecular flexibility index (Phi) is 2.64. The summed E-state index contributed by atoms with van der Waals surface area (Å²) in [5.74, 6) is -1.67. The van der Waals surface area contributed by atoms with Crippen LogP contribution in [0.1, 0.15) is 10.5 Å². The molecule has 5 nitrogen and oxygen atoms in total. The van der Waals surface area contributed by atoms with Crippen LogP contribution in [0.15, 0.2) is 18.2 Å². The van der Waals surface area contributed by atoms with Crippen molar-refractivity contribution in [3.8, 4) is 5.75 Å². The zero-order valence-electron chi connectivity index (χ0n) is 9.02. The van der Waals surface area contributed by atoms with Gasteiger partial charge in [0, 0.05) is 18.5 Å². The summed E-state index contributed by atoms with van der Waals surface area (Å²) in [5, 5.41) is 12.8. The first-order valence-electron chi connectivity index (χ1n) is 4.74. The van der Waals surface area contributed by atoms with Crippen LogP contribution in [0.4, 0.5) is 13.2 Å². The van der Waals surface area contributed by atoms with Crippen LogP contribution in [0.3, 0.4) is 0 Å².